The minimum absolute atomic E-state index is 0.145. The molecule has 8 heteroatoms. The van der Waals surface area contributed by atoms with Crippen LogP contribution in [0.15, 0.2) is 59.8 Å². The lowest BCUT2D eigenvalue weighted by atomic mass is 10.2. The molecular formula is C18H21N5O2S. The number of nitrogens with zero attached hydrogens (tertiary/aromatic N) is 4. The second-order valence-electron chi connectivity index (χ2n) is 6.50. The van der Waals surface area contributed by atoms with E-state index in [1.54, 1.807) is 12.1 Å². The molecule has 0 atom stereocenters. The maximum atomic E-state index is 11.4. The molecule has 3 heterocycles. The fourth-order valence-electron chi connectivity index (χ4n) is 3.30. The molecule has 26 heavy (non-hydrogen) atoms. The Morgan fingerprint density at radius 3 is 2.38 bits per heavy atom. The van der Waals surface area contributed by atoms with Crippen molar-refractivity contribution in [2.24, 2.45) is 5.14 Å². The highest BCUT2D eigenvalue weighted by molar-refractivity contribution is 7.89. The van der Waals surface area contributed by atoms with Crippen LogP contribution in [0.1, 0.15) is 5.69 Å². The second-order valence-corrected chi connectivity index (χ2v) is 8.06. The summed E-state index contributed by atoms with van der Waals surface area (Å²) in [4.78, 5) is 9.44. The van der Waals surface area contributed by atoms with Gasteiger partial charge in [-0.15, -0.1) is 0 Å². The lowest BCUT2D eigenvalue weighted by Gasteiger charge is -2.35. The lowest BCUT2D eigenvalue weighted by molar-refractivity contribution is 0.247. The van der Waals surface area contributed by atoms with Crippen LogP contribution in [0.3, 0.4) is 0 Å². The number of pyridine rings is 1. The molecule has 0 saturated carbocycles. The van der Waals surface area contributed by atoms with Crippen molar-refractivity contribution in [1.29, 1.82) is 0 Å². The molecule has 0 spiro atoms. The van der Waals surface area contributed by atoms with Gasteiger partial charge in [-0.25, -0.2) is 18.5 Å². The van der Waals surface area contributed by atoms with Gasteiger partial charge >= 0.3 is 0 Å². The molecule has 1 aromatic carbocycles. The summed E-state index contributed by atoms with van der Waals surface area (Å²) in [5.74, 6) is 0. The number of aromatic nitrogens is 2. The van der Waals surface area contributed by atoms with Crippen molar-refractivity contribution in [3.05, 3.63) is 60.6 Å². The molecule has 4 rings (SSSR count). The molecule has 1 aliphatic rings. The SMILES string of the molecule is NS(=O)(=O)c1ccc(N2CCN(Cc3cn4ccccc4n3)CC2)cc1. The van der Waals surface area contributed by atoms with Gasteiger partial charge in [-0.05, 0) is 36.4 Å². The Kier molecular flexibility index (Phi) is 4.39. The van der Waals surface area contributed by atoms with Crippen molar-refractivity contribution < 1.29 is 8.42 Å². The van der Waals surface area contributed by atoms with Crippen LogP contribution >= 0.6 is 0 Å². The number of hydrogen-bond donors (Lipinski definition) is 1. The van der Waals surface area contributed by atoms with E-state index in [9.17, 15) is 8.42 Å². The lowest BCUT2D eigenvalue weighted by Crippen LogP contribution is -2.46. The van der Waals surface area contributed by atoms with Crippen molar-refractivity contribution in [2.75, 3.05) is 31.1 Å². The van der Waals surface area contributed by atoms with Crippen LogP contribution in [0.5, 0.6) is 0 Å². The number of fused-ring (bicyclic) bond motifs is 1. The summed E-state index contributed by atoms with van der Waals surface area (Å²) in [5, 5.41) is 5.15. The van der Waals surface area contributed by atoms with Gasteiger partial charge in [0.25, 0.3) is 0 Å². The van der Waals surface area contributed by atoms with Gasteiger partial charge in [0.15, 0.2) is 0 Å². The minimum atomic E-state index is -3.64. The fourth-order valence-corrected chi connectivity index (χ4v) is 3.82. The second kappa shape index (κ2) is 6.71. The molecule has 0 amide bonds. The molecule has 0 radical (unpaired) electrons. The first-order chi connectivity index (χ1) is 12.5. The standard InChI is InChI=1S/C18H21N5O2S/c19-26(24,25)17-6-4-16(5-7-17)22-11-9-21(10-12-22)13-15-14-23-8-2-1-3-18(23)20-15/h1-8,14H,9-13H2,(H2,19,24,25). The van der Waals surface area contributed by atoms with E-state index in [0.29, 0.717) is 0 Å². The quantitative estimate of drug-likeness (QED) is 0.747. The fraction of sp³-hybridized carbons (Fsp3) is 0.278. The Labute approximate surface area is 152 Å². The number of primary sulfonamides is 1. The highest BCUT2D eigenvalue weighted by Gasteiger charge is 2.19. The van der Waals surface area contributed by atoms with Crippen molar-refractivity contribution >= 4 is 21.4 Å². The number of benzene rings is 1. The molecule has 3 aromatic rings. The van der Waals surface area contributed by atoms with Gasteiger partial charge in [-0.2, -0.15) is 0 Å². The molecule has 0 unspecified atom stereocenters. The van der Waals surface area contributed by atoms with E-state index in [-0.39, 0.29) is 4.90 Å². The average Bonchev–Trinajstić information content (AvgIpc) is 3.04. The third-order valence-corrected chi connectivity index (χ3v) is 5.63. The van der Waals surface area contributed by atoms with E-state index < -0.39 is 10.0 Å². The van der Waals surface area contributed by atoms with Crippen LogP contribution in [-0.4, -0.2) is 48.9 Å². The van der Waals surface area contributed by atoms with Gasteiger partial charge < -0.3 is 9.30 Å². The number of nitrogens with two attached hydrogens (primary N) is 1. The van der Waals surface area contributed by atoms with Gasteiger partial charge in [0.1, 0.15) is 5.65 Å². The normalized spacial score (nSPS) is 16.3. The molecule has 0 aliphatic carbocycles. The van der Waals surface area contributed by atoms with Crippen LogP contribution in [0.4, 0.5) is 5.69 Å². The first kappa shape index (κ1) is 17.0. The molecule has 2 N–H and O–H groups in total. The number of imidazole rings is 1. The predicted octanol–water partition coefficient (Wildman–Crippen LogP) is 1.30. The van der Waals surface area contributed by atoms with Crippen molar-refractivity contribution in [2.45, 2.75) is 11.4 Å². The Bertz CT molecular complexity index is 972. The van der Waals surface area contributed by atoms with Crippen molar-refractivity contribution in [1.82, 2.24) is 14.3 Å². The zero-order chi connectivity index (χ0) is 18.1. The number of anilines is 1. The van der Waals surface area contributed by atoms with E-state index in [0.717, 1.165) is 49.8 Å². The number of sulfonamides is 1. The summed E-state index contributed by atoms with van der Waals surface area (Å²) in [7, 11) is -3.64. The van der Waals surface area contributed by atoms with Crippen LogP contribution in [0.2, 0.25) is 0 Å². The summed E-state index contributed by atoms with van der Waals surface area (Å²) in [6.07, 6.45) is 4.09. The Balaban J connectivity index is 1.37. The minimum Gasteiger partial charge on any atom is -0.369 e. The van der Waals surface area contributed by atoms with Crippen molar-refractivity contribution in [3.8, 4) is 0 Å². The summed E-state index contributed by atoms with van der Waals surface area (Å²) in [6, 6.07) is 12.8. The molecule has 0 bridgehead atoms. The van der Waals surface area contributed by atoms with E-state index in [2.05, 4.69) is 21.0 Å². The van der Waals surface area contributed by atoms with Gasteiger partial charge in [-0.3, -0.25) is 4.90 Å². The zero-order valence-corrected chi connectivity index (χ0v) is 15.1. The first-order valence-corrected chi connectivity index (χ1v) is 10.1. The first-order valence-electron chi connectivity index (χ1n) is 8.52. The van der Waals surface area contributed by atoms with E-state index in [1.165, 1.54) is 0 Å². The molecule has 2 aromatic heterocycles. The highest BCUT2D eigenvalue weighted by atomic mass is 32.2. The monoisotopic (exact) mass is 371 g/mol. The third kappa shape index (κ3) is 3.57. The Hall–Kier alpha value is -2.42. The molecular weight excluding hydrogens is 350 g/mol. The van der Waals surface area contributed by atoms with Gasteiger partial charge in [-0.1, -0.05) is 6.07 Å². The van der Waals surface area contributed by atoms with Crippen molar-refractivity contribution in [3.63, 3.8) is 0 Å². The maximum Gasteiger partial charge on any atom is 0.238 e. The highest BCUT2D eigenvalue weighted by Crippen LogP contribution is 2.19. The van der Waals surface area contributed by atoms with Crippen LogP contribution < -0.4 is 10.0 Å². The van der Waals surface area contributed by atoms with Gasteiger partial charge in [0.05, 0.1) is 10.6 Å². The summed E-state index contributed by atoms with van der Waals surface area (Å²) in [6.45, 7) is 4.49. The maximum absolute atomic E-state index is 11.4. The third-order valence-electron chi connectivity index (χ3n) is 4.70. The van der Waals surface area contributed by atoms with E-state index in [4.69, 9.17) is 5.14 Å². The zero-order valence-electron chi connectivity index (χ0n) is 14.3. The summed E-state index contributed by atoms with van der Waals surface area (Å²) in [5.41, 5.74) is 3.06. The van der Waals surface area contributed by atoms with Crippen LogP contribution in [0, 0.1) is 0 Å². The van der Waals surface area contributed by atoms with Gasteiger partial charge in [0, 0.05) is 50.8 Å². The Morgan fingerprint density at radius 1 is 1.00 bits per heavy atom. The van der Waals surface area contributed by atoms with Crippen LogP contribution in [0.25, 0.3) is 5.65 Å². The van der Waals surface area contributed by atoms with E-state index in [1.807, 2.05) is 40.9 Å². The summed E-state index contributed by atoms with van der Waals surface area (Å²) >= 11 is 0. The van der Waals surface area contributed by atoms with E-state index >= 15 is 0 Å². The topological polar surface area (TPSA) is 83.9 Å². The number of piperazine rings is 1. The predicted molar refractivity (Wildman–Crippen MR) is 100 cm³/mol. The molecule has 136 valence electrons. The average molecular weight is 371 g/mol. The summed E-state index contributed by atoms with van der Waals surface area (Å²) < 4.78 is 24.7. The molecule has 7 nitrogen and oxygen atoms in total. The molecule has 1 saturated heterocycles. The Morgan fingerprint density at radius 2 is 1.73 bits per heavy atom. The number of hydrogen-bond acceptors (Lipinski definition) is 5. The smallest absolute Gasteiger partial charge is 0.238 e. The molecule has 1 aliphatic heterocycles. The largest absolute Gasteiger partial charge is 0.369 e. The number of rotatable bonds is 4. The van der Waals surface area contributed by atoms with Gasteiger partial charge in [0.2, 0.25) is 10.0 Å². The molecule has 1 fully saturated rings. The van der Waals surface area contributed by atoms with Crippen LogP contribution in [-0.2, 0) is 16.6 Å².